The molecule has 2 aromatic carbocycles. The van der Waals surface area contributed by atoms with E-state index < -0.39 is 5.97 Å². The molecule has 0 fully saturated rings. The molecule has 0 saturated heterocycles. The van der Waals surface area contributed by atoms with Gasteiger partial charge in [0, 0.05) is 13.1 Å². The lowest BCUT2D eigenvalue weighted by Gasteiger charge is -2.21. The highest BCUT2D eigenvalue weighted by Gasteiger charge is 2.15. The van der Waals surface area contributed by atoms with Gasteiger partial charge in [-0.05, 0) is 36.5 Å². The molecule has 0 radical (unpaired) electrons. The number of hydrogen-bond acceptors (Lipinski definition) is 5. The Morgan fingerprint density at radius 3 is 2.68 bits per heavy atom. The van der Waals surface area contributed by atoms with Crippen molar-refractivity contribution in [2.75, 3.05) is 12.1 Å². The Hall–Kier alpha value is -2.80. The summed E-state index contributed by atoms with van der Waals surface area (Å²) in [6.07, 6.45) is 0. The van der Waals surface area contributed by atoms with Crippen LogP contribution in [0.5, 0.6) is 5.75 Å². The average molecular weight is 316 g/mol. The maximum absolute atomic E-state index is 11.0. The van der Waals surface area contributed by atoms with Gasteiger partial charge in [0.15, 0.2) is 5.58 Å². The van der Waals surface area contributed by atoms with Gasteiger partial charge in [0.1, 0.15) is 16.8 Å². The molecule has 3 aromatic rings. The van der Waals surface area contributed by atoms with Crippen molar-refractivity contribution in [3.63, 3.8) is 0 Å². The maximum Gasteiger partial charge on any atom is 0.339 e. The minimum absolute atomic E-state index is 0.155. The van der Waals surface area contributed by atoms with Crippen molar-refractivity contribution >= 4 is 35.0 Å². The normalized spacial score (nSPS) is 10.8. The first-order chi connectivity index (χ1) is 10.5. The van der Waals surface area contributed by atoms with E-state index in [1.54, 1.807) is 28.9 Å². The molecule has 7 heteroatoms. The Labute approximate surface area is 130 Å². The molecule has 0 aliphatic carbocycles. The van der Waals surface area contributed by atoms with Gasteiger partial charge in [-0.25, -0.2) is 9.47 Å². The zero-order chi connectivity index (χ0) is 15.9. The number of aromatic carboxylic acids is 1. The van der Waals surface area contributed by atoms with Crippen LogP contribution in [-0.4, -0.2) is 27.9 Å². The molecule has 22 heavy (non-hydrogen) atoms. The molecule has 2 N–H and O–H groups in total. The molecule has 1 aromatic heterocycles. The number of carboxylic acid groups (broad SMARTS) is 1. The van der Waals surface area contributed by atoms with E-state index in [-0.39, 0.29) is 16.2 Å². The van der Waals surface area contributed by atoms with Crippen molar-refractivity contribution in [1.29, 1.82) is 0 Å². The molecule has 6 nitrogen and oxygen atoms in total. The summed E-state index contributed by atoms with van der Waals surface area (Å²) in [6, 6.07) is 11.7. The summed E-state index contributed by atoms with van der Waals surface area (Å²) in [4.78, 5) is 11.2. The van der Waals surface area contributed by atoms with Gasteiger partial charge in [0.25, 0.3) is 4.84 Å². The van der Waals surface area contributed by atoms with E-state index in [0.717, 1.165) is 5.52 Å². The van der Waals surface area contributed by atoms with Crippen LogP contribution in [0.15, 0.2) is 46.9 Å². The Kier molecular flexibility index (Phi) is 3.34. The molecule has 112 valence electrons. The predicted octanol–water partition coefficient (Wildman–Crippen LogP) is 3.27. The zero-order valence-corrected chi connectivity index (χ0v) is 12.4. The molecule has 0 unspecified atom stereocenters. The number of phenols is 1. The van der Waals surface area contributed by atoms with E-state index in [0.29, 0.717) is 11.3 Å². The van der Waals surface area contributed by atoms with E-state index in [2.05, 4.69) is 0 Å². The van der Waals surface area contributed by atoms with E-state index in [9.17, 15) is 9.90 Å². The summed E-state index contributed by atoms with van der Waals surface area (Å²) in [5.74, 6) is -1.49. The van der Waals surface area contributed by atoms with Gasteiger partial charge in [0.2, 0.25) is 0 Å². The van der Waals surface area contributed by atoms with E-state index in [4.69, 9.17) is 21.7 Å². The number of benzene rings is 2. The third-order valence-corrected chi connectivity index (χ3v) is 3.61. The number of nitrogens with zero attached hydrogens (tertiary/aromatic N) is 2. The second-order valence-electron chi connectivity index (χ2n) is 4.68. The maximum atomic E-state index is 11.0. The quantitative estimate of drug-likeness (QED) is 0.722. The molecular weight excluding hydrogens is 304 g/mol. The average Bonchev–Trinajstić information content (AvgIpc) is 2.81. The predicted molar refractivity (Wildman–Crippen MR) is 83.9 cm³/mol. The molecule has 0 bridgehead atoms. The first-order valence-corrected chi connectivity index (χ1v) is 6.81. The van der Waals surface area contributed by atoms with Crippen molar-refractivity contribution in [2.24, 2.45) is 0 Å². The molecule has 0 atom stereocenters. The van der Waals surface area contributed by atoms with Crippen LogP contribution in [0.3, 0.4) is 0 Å². The number of carboxylic acids is 1. The Balaban J connectivity index is 2.12. The molecule has 0 aliphatic heterocycles. The van der Waals surface area contributed by atoms with Gasteiger partial charge in [-0.15, -0.1) is 0 Å². The molecule has 0 spiro atoms. The summed E-state index contributed by atoms with van der Waals surface area (Å²) >= 11 is 5.23. The lowest BCUT2D eigenvalue weighted by atomic mass is 10.2. The Bertz CT molecular complexity index is 929. The number of oxazole rings is 1. The highest BCUT2D eigenvalue weighted by molar-refractivity contribution is 7.71. The van der Waals surface area contributed by atoms with Gasteiger partial charge in [0.05, 0.1) is 5.69 Å². The summed E-state index contributed by atoms with van der Waals surface area (Å²) in [5.41, 5.74) is 1.84. The van der Waals surface area contributed by atoms with Gasteiger partial charge in [-0.1, -0.05) is 12.1 Å². The highest BCUT2D eigenvalue weighted by atomic mass is 32.1. The van der Waals surface area contributed by atoms with Gasteiger partial charge < -0.3 is 14.6 Å². The Morgan fingerprint density at radius 2 is 2.00 bits per heavy atom. The topological polar surface area (TPSA) is 78.8 Å². The van der Waals surface area contributed by atoms with Crippen LogP contribution in [0.2, 0.25) is 0 Å². The SMILES string of the molecule is CN(c1ccc(C(=O)O)c(O)c1)n1c(=S)oc2ccccc21. The fourth-order valence-electron chi connectivity index (χ4n) is 2.26. The van der Waals surface area contributed by atoms with E-state index in [1.165, 1.54) is 12.1 Å². The number of carbonyl (C=O) groups is 1. The van der Waals surface area contributed by atoms with E-state index >= 15 is 0 Å². The largest absolute Gasteiger partial charge is 0.507 e. The number of fused-ring (bicyclic) bond motifs is 1. The van der Waals surface area contributed by atoms with Crippen molar-refractivity contribution in [1.82, 2.24) is 4.68 Å². The first-order valence-electron chi connectivity index (χ1n) is 6.40. The standard InChI is InChI=1S/C15H12N2O4S/c1-16(9-6-7-10(14(19)20)12(18)8-9)17-11-4-2-3-5-13(11)21-15(17)22/h2-8,18H,1H3,(H,19,20). The van der Waals surface area contributed by atoms with E-state index in [1.807, 2.05) is 18.2 Å². The van der Waals surface area contributed by atoms with Crippen molar-refractivity contribution < 1.29 is 19.4 Å². The Morgan fingerprint density at radius 1 is 1.27 bits per heavy atom. The monoisotopic (exact) mass is 316 g/mol. The summed E-state index contributed by atoms with van der Waals surface area (Å²) in [5, 5.41) is 20.5. The van der Waals surface area contributed by atoms with Gasteiger partial charge in [-0.3, -0.25) is 5.01 Å². The van der Waals surface area contributed by atoms with Gasteiger partial charge in [-0.2, -0.15) is 0 Å². The second kappa shape index (κ2) is 5.19. The zero-order valence-electron chi connectivity index (χ0n) is 11.6. The molecular formula is C15H12N2O4S. The molecule has 1 heterocycles. The third kappa shape index (κ3) is 2.21. The second-order valence-corrected chi connectivity index (χ2v) is 5.03. The van der Waals surface area contributed by atoms with Crippen LogP contribution in [0.4, 0.5) is 5.69 Å². The van der Waals surface area contributed by atoms with Crippen molar-refractivity contribution in [2.45, 2.75) is 0 Å². The summed E-state index contributed by atoms with van der Waals surface area (Å²) in [6.45, 7) is 0. The number of rotatable bonds is 3. The highest BCUT2D eigenvalue weighted by Crippen LogP contribution is 2.27. The molecule has 3 rings (SSSR count). The van der Waals surface area contributed by atoms with Crippen LogP contribution < -0.4 is 5.01 Å². The fourth-order valence-corrected chi connectivity index (χ4v) is 2.57. The molecule has 0 aliphatic rings. The van der Waals surface area contributed by atoms with Crippen molar-refractivity contribution in [3.05, 3.63) is 52.9 Å². The van der Waals surface area contributed by atoms with Crippen LogP contribution in [0.25, 0.3) is 11.1 Å². The number of aromatic nitrogens is 1. The van der Waals surface area contributed by atoms with Crippen LogP contribution >= 0.6 is 12.2 Å². The lowest BCUT2D eigenvalue weighted by Crippen LogP contribution is -2.24. The number of hydrogen-bond donors (Lipinski definition) is 2. The van der Waals surface area contributed by atoms with Crippen LogP contribution in [0, 0.1) is 4.84 Å². The number of anilines is 1. The number of para-hydroxylation sites is 2. The molecule has 0 saturated carbocycles. The van der Waals surface area contributed by atoms with Crippen LogP contribution in [-0.2, 0) is 0 Å². The first kappa shape index (κ1) is 14.2. The smallest absolute Gasteiger partial charge is 0.339 e. The fraction of sp³-hybridized carbons (Fsp3) is 0.0667. The lowest BCUT2D eigenvalue weighted by molar-refractivity contribution is 0.0694. The van der Waals surface area contributed by atoms with Gasteiger partial charge >= 0.3 is 5.97 Å². The van der Waals surface area contributed by atoms with Crippen LogP contribution in [0.1, 0.15) is 10.4 Å². The third-order valence-electron chi connectivity index (χ3n) is 3.35. The minimum atomic E-state index is -1.18. The number of aromatic hydroxyl groups is 1. The van der Waals surface area contributed by atoms with Crippen molar-refractivity contribution in [3.8, 4) is 5.75 Å². The molecule has 0 amide bonds. The summed E-state index contributed by atoms with van der Waals surface area (Å²) in [7, 11) is 1.74. The summed E-state index contributed by atoms with van der Waals surface area (Å²) < 4.78 is 7.18. The minimum Gasteiger partial charge on any atom is -0.507 e.